The normalized spacial score (nSPS) is 20.3. The predicted octanol–water partition coefficient (Wildman–Crippen LogP) is -0.779. The summed E-state index contributed by atoms with van der Waals surface area (Å²) >= 11 is -2.75. The van der Waals surface area contributed by atoms with Gasteiger partial charge in [-0.25, -0.2) is 0 Å². The van der Waals surface area contributed by atoms with Gasteiger partial charge in [0.05, 0.1) is 0 Å². The summed E-state index contributed by atoms with van der Waals surface area (Å²) in [5.74, 6) is -1.01. The molecule has 0 aromatic rings. The third kappa shape index (κ3) is 3.96. The zero-order chi connectivity index (χ0) is 11.5. The van der Waals surface area contributed by atoms with Gasteiger partial charge in [0.15, 0.2) is 0 Å². The number of aliphatic carboxylic acids is 1. The third-order valence-electron chi connectivity index (χ3n) is 2.28. The second-order valence-corrected chi connectivity index (χ2v) is 14.6. The van der Waals surface area contributed by atoms with Crippen LogP contribution in [0.25, 0.3) is 0 Å². The first kappa shape index (κ1) is 12.7. The average molecular weight is 323 g/mol. The van der Waals surface area contributed by atoms with Crippen molar-refractivity contribution in [3.8, 4) is 0 Å². The summed E-state index contributed by atoms with van der Waals surface area (Å²) < 4.78 is 7.37. The van der Waals surface area contributed by atoms with Crippen molar-refractivity contribution in [2.45, 2.75) is 9.88 Å². The van der Waals surface area contributed by atoms with Crippen LogP contribution in [0.15, 0.2) is 0 Å². The first-order valence-corrected chi connectivity index (χ1v) is 13.0. The number of hydrogen-bond donors (Lipinski definition) is 2. The number of carbonyl (C=O) groups excluding carboxylic acids is 1. The molecule has 1 fully saturated rings. The molecule has 0 spiro atoms. The summed E-state index contributed by atoms with van der Waals surface area (Å²) in [5, 5.41) is 11.2. The Morgan fingerprint density at radius 2 is 2.33 bits per heavy atom. The molecule has 0 unspecified atom stereocenters. The fourth-order valence-corrected chi connectivity index (χ4v) is 6.93. The van der Waals surface area contributed by atoms with E-state index in [1.807, 2.05) is 9.88 Å². The topological polar surface area (TPSA) is 78.9 Å². The number of carboxylic acid groups (broad SMARTS) is 1. The Labute approximate surface area is 93.4 Å². The Morgan fingerprint density at radius 1 is 1.67 bits per heavy atom. The van der Waals surface area contributed by atoms with E-state index >= 15 is 0 Å². The number of hydrogen-bond acceptors (Lipinski definition) is 5. The van der Waals surface area contributed by atoms with E-state index < -0.39 is 25.0 Å². The van der Waals surface area contributed by atoms with Crippen LogP contribution in [0.4, 0.5) is 0 Å². The molecule has 1 aliphatic rings. The summed E-state index contributed by atoms with van der Waals surface area (Å²) in [6, 6.07) is 0. The van der Waals surface area contributed by atoms with Gasteiger partial charge in [0.1, 0.15) is 0 Å². The second kappa shape index (κ2) is 5.13. The number of carboxylic acids is 1. The van der Waals surface area contributed by atoms with E-state index in [2.05, 4.69) is 8.44 Å². The van der Waals surface area contributed by atoms with Crippen LogP contribution in [0.1, 0.15) is 0 Å². The van der Waals surface area contributed by atoms with Crippen LogP contribution in [0.5, 0.6) is 0 Å². The SMILES string of the molecule is [CH3][Sn]1([CH3])[O]C(=O)C[N]1CCNCC(=O)O. The Kier molecular flexibility index (Phi) is 4.35. The maximum absolute atomic E-state index is 11.1. The molecule has 7 heteroatoms. The zero-order valence-electron chi connectivity index (χ0n) is 8.95. The van der Waals surface area contributed by atoms with Crippen molar-refractivity contribution in [3.05, 3.63) is 0 Å². The molecule has 86 valence electrons. The molecule has 6 nitrogen and oxygen atoms in total. The Bertz CT molecular complexity index is 269. The van der Waals surface area contributed by atoms with E-state index in [0.717, 1.165) is 0 Å². The molecule has 2 N–H and O–H groups in total. The van der Waals surface area contributed by atoms with Crippen LogP contribution in [-0.4, -0.2) is 65.4 Å². The van der Waals surface area contributed by atoms with Gasteiger partial charge in [0, 0.05) is 0 Å². The minimum atomic E-state index is -2.75. The van der Waals surface area contributed by atoms with Gasteiger partial charge in [-0.05, 0) is 0 Å². The monoisotopic (exact) mass is 324 g/mol. The van der Waals surface area contributed by atoms with E-state index in [1.165, 1.54) is 0 Å². The number of nitrogens with zero attached hydrogens (tertiary/aromatic N) is 1. The number of nitrogens with one attached hydrogen (secondary N) is 1. The molecule has 1 heterocycles. The minimum absolute atomic E-state index is 0.0431. The maximum atomic E-state index is 11.1. The predicted molar refractivity (Wildman–Crippen MR) is 55.7 cm³/mol. The molecule has 15 heavy (non-hydrogen) atoms. The van der Waals surface area contributed by atoms with Crippen LogP contribution in [0.2, 0.25) is 9.88 Å². The first-order chi connectivity index (χ1) is 6.92. The molecule has 0 bridgehead atoms. The number of rotatable bonds is 5. The van der Waals surface area contributed by atoms with E-state index in [-0.39, 0.29) is 12.5 Å². The molecule has 0 amide bonds. The zero-order valence-corrected chi connectivity index (χ0v) is 11.8. The molecular formula is C8H16N2O4Sn. The molecular weight excluding hydrogens is 307 g/mol. The van der Waals surface area contributed by atoms with E-state index in [0.29, 0.717) is 19.6 Å². The van der Waals surface area contributed by atoms with Crippen molar-refractivity contribution in [2.24, 2.45) is 0 Å². The van der Waals surface area contributed by atoms with Gasteiger partial charge in [0.2, 0.25) is 0 Å². The van der Waals surface area contributed by atoms with Gasteiger partial charge < -0.3 is 0 Å². The third-order valence-corrected chi connectivity index (χ3v) is 9.79. The van der Waals surface area contributed by atoms with Crippen LogP contribution in [0.3, 0.4) is 0 Å². The van der Waals surface area contributed by atoms with Crippen LogP contribution in [0, 0.1) is 0 Å². The Morgan fingerprint density at radius 3 is 2.80 bits per heavy atom. The molecule has 0 radical (unpaired) electrons. The van der Waals surface area contributed by atoms with Gasteiger partial charge in [-0.3, -0.25) is 0 Å². The van der Waals surface area contributed by atoms with Crippen molar-refractivity contribution in [2.75, 3.05) is 26.2 Å². The van der Waals surface area contributed by atoms with Gasteiger partial charge in [-0.2, -0.15) is 0 Å². The van der Waals surface area contributed by atoms with Crippen LogP contribution >= 0.6 is 0 Å². The summed E-state index contributed by atoms with van der Waals surface area (Å²) in [4.78, 5) is 25.4. The van der Waals surface area contributed by atoms with Gasteiger partial charge in [-0.1, -0.05) is 0 Å². The quantitative estimate of drug-likeness (QED) is 0.511. The van der Waals surface area contributed by atoms with Crippen molar-refractivity contribution in [1.82, 2.24) is 8.44 Å². The molecule has 0 aromatic carbocycles. The molecule has 0 atom stereocenters. The van der Waals surface area contributed by atoms with Gasteiger partial charge in [0.25, 0.3) is 0 Å². The molecule has 0 aromatic heterocycles. The van der Waals surface area contributed by atoms with Gasteiger partial charge in [-0.15, -0.1) is 0 Å². The van der Waals surface area contributed by atoms with E-state index in [1.54, 1.807) is 0 Å². The molecule has 0 saturated carbocycles. The van der Waals surface area contributed by atoms with E-state index in [9.17, 15) is 9.59 Å². The fourth-order valence-electron chi connectivity index (χ4n) is 1.48. The summed E-state index contributed by atoms with van der Waals surface area (Å²) in [7, 11) is 0. The first-order valence-electron chi connectivity index (χ1n) is 4.81. The summed E-state index contributed by atoms with van der Waals surface area (Å²) in [5.41, 5.74) is 0. The summed E-state index contributed by atoms with van der Waals surface area (Å²) in [6.07, 6.45) is 0. The van der Waals surface area contributed by atoms with Crippen molar-refractivity contribution < 1.29 is 17.8 Å². The van der Waals surface area contributed by atoms with Crippen molar-refractivity contribution in [1.29, 1.82) is 0 Å². The Balaban J connectivity index is 2.27. The molecule has 1 saturated heterocycles. The van der Waals surface area contributed by atoms with E-state index in [4.69, 9.17) is 8.18 Å². The molecule has 1 rings (SSSR count). The number of carbonyl (C=O) groups is 2. The summed E-state index contributed by atoms with van der Waals surface area (Å²) in [6.45, 7) is 1.57. The second-order valence-electron chi connectivity index (χ2n) is 3.91. The van der Waals surface area contributed by atoms with Crippen molar-refractivity contribution in [3.63, 3.8) is 0 Å². The van der Waals surface area contributed by atoms with Crippen LogP contribution in [-0.2, 0) is 12.7 Å². The fraction of sp³-hybridized carbons (Fsp3) is 0.750. The molecule has 1 aliphatic heterocycles. The van der Waals surface area contributed by atoms with Crippen molar-refractivity contribution >= 4 is 31.0 Å². The Hall–Kier alpha value is -0.341. The molecule has 0 aliphatic carbocycles. The van der Waals surface area contributed by atoms with Crippen LogP contribution < -0.4 is 5.32 Å². The standard InChI is InChI=1S/C6H11N2O4.2CH3.Sn/c9-5(10)3-7-1-2-8-4-6(11)12;;;/h7H,1-4H2,(H,9,10)(H,11,12);2*1H3;/q-1;;;+2/p-1. The van der Waals surface area contributed by atoms with Gasteiger partial charge >= 0.3 is 93.3 Å². The average Bonchev–Trinajstić information content (AvgIpc) is 2.33.